The van der Waals surface area contributed by atoms with Crippen molar-refractivity contribution >= 4 is 5.97 Å². The molecule has 0 aromatic heterocycles. The SMILES string of the molecule is NCOC(=O)CCc1ccccc1. The normalized spacial score (nSPS) is 9.62. The van der Waals surface area contributed by atoms with E-state index in [0.717, 1.165) is 5.56 Å². The quantitative estimate of drug-likeness (QED) is 0.555. The fraction of sp³-hybridized carbons (Fsp3) is 0.300. The third-order valence-corrected chi connectivity index (χ3v) is 1.70. The maximum absolute atomic E-state index is 10.9. The van der Waals surface area contributed by atoms with Gasteiger partial charge in [0.25, 0.3) is 0 Å². The summed E-state index contributed by atoms with van der Waals surface area (Å²) < 4.78 is 4.60. The third-order valence-electron chi connectivity index (χ3n) is 1.70. The number of carbonyl (C=O) groups excluding carboxylic acids is 1. The van der Waals surface area contributed by atoms with Crippen LogP contribution in [0.4, 0.5) is 0 Å². The zero-order valence-electron chi connectivity index (χ0n) is 7.40. The molecule has 1 aromatic rings. The molecule has 0 aliphatic carbocycles. The van der Waals surface area contributed by atoms with Crippen molar-refractivity contribution in [3.63, 3.8) is 0 Å². The first kappa shape index (κ1) is 9.74. The van der Waals surface area contributed by atoms with E-state index >= 15 is 0 Å². The van der Waals surface area contributed by atoms with Gasteiger partial charge in [-0.2, -0.15) is 0 Å². The molecule has 0 bridgehead atoms. The van der Waals surface area contributed by atoms with Crippen LogP contribution >= 0.6 is 0 Å². The molecule has 0 saturated heterocycles. The van der Waals surface area contributed by atoms with Gasteiger partial charge in [-0.25, -0.2) is 0 Å². The predicted octanol–water partition coefficient (Wildman–Crippen LogP) is 1.08. The van der Waals surface area contributed by atoms with Crippen molar-refractivity contribution in [1.82, 2.24) is 0 Å². The van der Waals surface area contributed by atoms with Gasteiger partial charge in [-0.05, 0) is 12.0 Å². The second kappa shape index (κ2) is 5.32. The van der Waals surface area contributed by atoms with Crippen LogP contribution in [-0.2, 0) is 16.0 Å². The topological polar surface area (TPSA) is 52.3 Å². The van der Waals surface area contributed by atoms with Crippen LogP contribution in [-0.4, -0.2) is 12.7 Å². The Hall–Kier alpha value is -1.35. The van der Waals surface area contributed by atoms with E-state index in [-0.39, 0.29) is 12.7 Å². The van der Waals surface area contributed by atoms with Gasteiger partial charge in [0.05, 0.1) is 0 Å². The van der Waals surface area contributed by atoms with Crippen LogP contribution in [0.15, 0.2) is 30.3 Å². The zero-order valence-corrected chi connectivity index (χ0v) is 7.40. The lowest BCUT2D eigenvalue weighted by molar-refractivity contribution is -0.143. The Kier molecular flexibility index (Phi) is 3.99. The Morgan fingerprint density at radius 3 is 2.62 bits per heavy atom. The van der Waals surface area contributed by atoms with E-state index in [4.69, 9.17) is 5.73 Å². The summed E-state index contributed by atoms with van der Waals surface area (Å²) >= 11 is 0. The highest BCUT2D eigenvalue weighted by Gasteiger charge is 2.01. The number of aryl methyl sites for hydroxylation is 1. The molecular weight excluding hydrogens is 166 g/mol. The second-order valence-electron chi connectivity index (χ2n) is 2.67. The van der Waals surface area contributed by atoms with Gasteiger partial charge in [0.1, 0.15) is 6.73 Å². The van der Waals surface area contributed by atoms with Gasteiger partial charge in [-0.3, -0.25) is 10.5 Å². The van der Waals surface area contributed by atoms with E-state index in [1.165, 1.54) is 0 Å². The highest BCUT2D eigenvalue weighted by molar-refractivity contribution is 5.69. The highest BCUT2D eigenvalue weighted by Crippen LogP contribution is 2.02. The van der Waals surface area contributed by atoms with Crippen molar-refractivity contribution < 1.29 is 9.53 Å². The number of rotatable bonds is 4. The molecule has 0 spiro atoms. The summed E-state index contributed by atoms with van der Waals surface area (Å²) in [4.78, 5) is 10.9. The van der Waals surface area contributed by atoms with Gasteiger partial charge in [-0.15, -0.1) is 0 Å². The standard InChI is InChI=1S/C10H13NO2/c11-8-13-10(12)7-6-9-4-2-1-3-5-9/h1-5H,6-8,11H2. The molecule has 0 aliphatic rings. The summed E-state index contributed by atoms with van der Waals surface area (Å²) in [5.41, 5.74) is 6.19. The smallest absolute Gasteiger partial charge is 0.307 e. The summed E-state index contributed by atoms with van der Waals surface area (Å²) in [5, 5.41) is 0. The van der Waals surface area contributed by atoms with E-state index in [1.54, 1.807) is 0 Å². The Morgan fingerprint density at radius 2 is 2.00 bits per heavy atom. The molecule has 0 atom stereocenters. The van der Waals surface area contributed by atoms with Gasteiger partial charge in [0.15, 0.2) is 0 Å². The minimum atomic E-state index is -0.244. The number of hydrogen-bond acceptors (Lipinski definition) is 3. The summed E-state index contributed by atoms with van der Waals surface area (Å²) in [6, 6.07) is 9.81. The Balaban J connectivity index is 2.31. The Labute approximate surface area is 77.5 Å². The van der Waals surface area contributed by atoms with E-state index in [9.17, 15) is 4.79 Å². The van der Waals surface area contributed by atoms with Crippen LogP contribution in [0, 0.1) is 0 Å². The first-order chi connectivity index (χ1) is 6.33. The minimum absolute atomic E-state index is 0.0341. The molecule has 70 valence electrons. The Morgan fingerprint density at radius 1 is 1.31 bits per heavy atom. The molecule has 0 unspecified atom stereocenters. The lowest BCUT2D eigenvalue weighted by Crippen LogP contribution is -2.12. The molecule has 0 fully saturated rings. The van der Waals surface area contributed by atoms with Gasteiger partial charge < -0.3 is 4.74 Å². The molecule has 0 aliphatic heterocycles. The van der Waals surface area contributed by atoms with Gasteiger partial charge in [0, 0.05) is 6.42 Å². The summed E-state index contributed by atoms with van der Waals surface area (Å²) in [7, 11) is 0. The lowest BCUT2D eigenvalue weighted by Gasteiger charge is -2.01. The average molecular weight is 179 g/mol. The van der Waals surface area contributed by atoms with E-state index in [2.05, 4.69) is 4.74 Å². The lowest BCUT2D eigenvalue weighted by atomic mass is 10.1. The van der Waals surface area contributed by atoms with Gasteiger partial charge >= 0.3 is 5.97 Å². The van der Waals surface area contributed by atoms with E-state index < -0.39 is 0 Å². The highest BCUT2D eigenvalue weighted by atomic mass is 16.5. The van der Waals surface area contributed by atoms with Crippen molar-refractivity contribution in [2.75, 3.05) is 6.73 Å². The van der Waals surface area contributed by atoms with Crippen LogP contribution in [0.3, 0.4) is 0 Å². The van der Waals surface area contributed by atoms with Crippen molar-refractivity contribution in [3.8, 4) is 0 Å². The van der Waals surface area contributed by atoms with Crippen molar-refractivity contribution in [2.45, 2.75) is 12.8 Å². The summed E-state index contributed by atoms with van der Waals surface area (Å²) in [6.07, 6.45) is 1.10. The third kappa shape index (κ3) is 3.71. The molecule has 0 heterocycles. The van der Waals surface area contributed by atoms with Crippen LogP contribution in [0.5, 0.6) is 0 Å². The summed E-state index contributed by atoms with van der Waals surface area (Å²) in [5.74, 6) is -0.244. The first-order valence-corrected chi connectivity index (χ1v) is 4.22. The molecule has 2 N–H and O–H groups in total. The fourth-order valence-electron chi connectivity index (χ4n) is 1.06. The van der Waals surface area contributed by atoms with Gasteiger partial charge in [-0.1, -0.05) is 30.3 Å². The molecule has 0 amide bonds. The molecule has 13 heavy (non-hydrogen) atoms. The molecule has 1 rings (SSSR count). The number of nitrogens with two attached hydrogens (primary N) is 1. The fourth-order valence-corrected chi connectivity index (χ4v) is 1.06. The van der Waals surface area contributed by atoms with Crippen molar-refractivity contribution in [1.29, 1.82) is 0 Å². The molecular formula is C10H13NO2. The number of benzene rings is 1. The van der Waals surface area contributed by atoms with Crippen molar-refractivity contribution in [2.24, 2.45) is 5.73 Å². The van der Waals surface area contributed by atoms with Gasteiger partial charge in [0.2, 0.25) is 0 Å². The Bertz CT molecular complexity index is 259. The molecule has 1 aromatic carbocycles. The van der Waals surface area contributed by atoms with Crippen LogP contribution < -0.4 is 5.73 Å². The zero-order chi connectivity index (χ0) is 9.52. The molecule has 0 saturated carbocycles. The minimum Gasteiger partial charge on any atom is -0.450 e. The maximum Gasteiger partial charge on any atom is 0.307 e. The first-order valence-electron chi connectivity index (χ1n) is 4.22. The molecule has 0 radical (unpaired) electrons. The second-order valence-corrected chi connectivity index (χ2v) is 2.67. The van der Waals surface area contributed by atoms with E-state index in [1.807, 2.05) is 30.3 Å². The molecule has 3 nitrogen and oxygen atoms in total. The van der Waals surface area contributed by atoms with Crippen molar-refractivity contribution in [3.05, 3.63) is 35.9 Å². The number of carbonyl (C=O) groups is 1. The van der Waals surface area contributed by atoms with E-state index in [0.29, 0.717) is 12.8 Å². The number of esters is 1. The monoisotopic (exact) mass is 179 g/mol. The largest absolute Gasteiger partial charge is 0.450 e. The van der Waals surface area contributed by atoms with Crippen LogP contribution in [0.1, 0.15) is 12.0 Å². The van der Waals surface area contributed by atoms with Crippen LogP contribution in [0.25, 0.3) is 0 Å². The summed E-state index contributed by atoms with van der Waals surface area (Å²) in [6.45, 7) is -0.0341. The molecule has 3 heteroatoms. The maximum atomic E-state index is 10.9. The average Bonchev–Trinajstić information content (AvgIpc) is 2.17. The number of ether oxygens (including phenoxy) is 1. The number of hydrogen-bond donors (Lipinski definition) is 1. The van der Waals surface area contributed by atoms with Crippen LogP contribution in [0.2, 0.25) is 0 Å². The predicted molar refractivity (Wildman–Crippen MR) is 49.9 cm³/mol.